The predicted molar refractivity (Wildman–Crippen MR) is 69.0 cm³/mol. The molecule has 1 rings (SSSR count). The van der Waals surface area contributed by atoms with Gasteiger partial charge in [0.15, 0.2) is 6.04 Å². The molecular weight excluding hydrogens is 230 g/mol. The van der Waals surface area contributed by atoms with Crippen LogP contribution in [0, 0.1) is 5.41 Å². The van der Waals surface area contributed by atoms with Crippen molar-refractivity contribution in [1.82, 2.24) is 4.90 Å². The van der Waals surface area contributed by atoms with Gasteiger partial charge in [-0.05, 0) is 5.56 Å². The molecule has 1 atom stereocenters. The smallest absolute Gasteiger partial charge is 0.331 e. The highest BCUT2D eigenvalue weighted by Gasteiger charge is 2.33. The fraction of sp³-hybridized carbons (Fsp3) is 0.429. The highest BCUT2D eigenvalue weighted by molar-refractivity contribution is 5.87. The van der Waals surface area contributed by atoms with E-state index in [2.05, 4.69) is 0 Å². The predicted octanol–water partition coefficient (Wildman–Crippen LogP) is 2.32. The van der Waals surface area contributed by atoms with Crippen molar-refractivity contribution in [2.45, 2.75) is 26.8 Å². The molecule has 0 aromatic heterocycles. The van der Waals surface area contributed by atoms with E-state index in [0.717, 1.165) is 0 Å². The van der Waals surface area contributed by atoms with Crippen molar-refractivity contribution in [2.24, 2.45) is 5.41 Å². The van der Waals surface area contributed by atoms with Gasteiger partial charge in [0, 0.05) is 12.5 Å². The van der Waals surface area contributed by atoms with Crippen LogP contribution in [-0.2, 0) is 9.59 Å². The van der Waals surface area contributed by atoms with E-state index in [4.69, 9.17) is 0 Å². The number of benzene rings is 1. The number of aliphatic carboxylic acids is 1. The molecule has 0 aliphatic heterocycles. The minimum Gasteiger partial charge on any atom is -0.479 e. The molecule has 4 heteroatoms. The molecular formula is C14H19NO3. The number of carboxylic acid groups (broad SMARTS) is 1. The quantitative estimate of drug-likeness (QED) is 0.894. The Kier molecular flexibility index (Phi) is 4.11. The first kappa shape index (κ1) is 14.2. The third-order valence-electron chi connectivity index (χ3n) is 2.70. The monoisotopic (exact) mass is 249 g/mol. The van der Waals surface area contributed by atoms with Gasteiger partial charge in [0.2, 0.25) is 5.91 Å². The Morgan fingerprint density at radius 3 is 2.06 bits per heavy atom. The van der Waals surface area contributed by atoms with E-state index in [0.29, 0.717) is 5.56 Å². The summed E-state index contributed by atoms with van der Waals surface area (Å²) < 4.78 is 0. The van der Waals surface area contributed by atoms with Crippen molar-refractivity contribution >= 4 is 11.9 Å². The minimum absolute atomic E-state index is 0.196. The fourth-order valence-electron chi connectivity index (χ4n) is 1.81. The molecule has 0 radical (unpaired) electrons. The number of carbonyl (C=O) groups is 2. The molecule has 0 heterocycles. The van der Waals surface area contributed by atoms with Gasteiger partial charge in [0.05, 0.1) is 0 Å². The molecule has 1 amide bonds. The lowest BCUT2D eigenvalue weighted by atomic mass is 9.93. The van der Waals surface area contributed by atoms with Crippen molar-refractivity contribution in [3.63, 3.8) is 0 Å². The van der Waals surface area contributed by atoms with Gasteiger partial charge in [-0.3, -0.25) is 4.79 Å². The summed E-state index contributed by atoms with van der Waals surface area (Å²) in [6.45, 7) is 5.32. The number of hydrogen-bond acceptors (Lipinski definition) is 2. The molecule has 0 unspecified atom stereocenters. The number of carbonyl (C=O) groups excluding carboxylic acids is 1. The first-order valence-corrected chi connectivity index (χ1v) is 5.80. The average molecular weight is 249 g/mol. The zero-order valence-corrected chi connectivity index (χ0v) is 11.2. The molecule has 1 aromatic rings. The second kappa shape index (κ2) is 5.21. The summed E-state index contributed by atoms with van der Waals surface area (Å²) in [5.41, 5.74) is 0.00197. The second-order valence-corrected chi connectivity index (χ2v) is 5.32. The van der Waals surface area contributed by atoms with E-state index in [-0.39, 0.29) is 5.91 Å². The van der Waals surface area contributed by atoms with Gasteiger partial charge in [-0.25, -0.2) is 4.79 Å². The minimum atomic E-state index is -1.03. The van der Waals surface area contributed by atoms with Crippen LogP contribution in [0.3, 0.4) is 0 Å². The van der Waals surface area contributed by atoms with Crippen molar-refractivity contribution < 1.29 is 14.7 Å². The number of likely N-dealkylation sites (N-methyl/N-ethyl adjacent to an activating group) is 1. The third kappa shape index (κ3) is 3.09. The molecule has 18 heavy (non-hydrogen) atoms. The number of hydrogen-bond donors (Lipinski definition) is 1. The van der Waals surface area contributed by atoms with Crippen LogP contribution in [0.25, 0.3) is 0 Å². The zero-order chi connectivity index (χ0) is 13.9. The summed E-state index contributed by atoms with van der Waals surface area (Å²) in [6, 6.07) is 7.82. The second-order valence-electron chi connectivity index (χ2n) is 5.32. The Morgan fingerprint density at radius 2 is 1.67 bits per heavy atom. The Morgan fingerprint density at radius 1 is 1.17 bits per heavy atom. The molecule has 98 valence electrons. The summed E-state index contributed by atoms with van der Waals surface area (Å²) >= 11 is 0. The lowest BCUT2D eigenvalue weighted by molar-refractivity contribution is -0.152. The lowest BCUT2D eigenvalue weighted by Gasteiger charge is -2.30. The standard InChI is InChI=1S/C14H19NO3/c1-14(2,3)13(18)15(4)11(12(16)17)10-8-6-5-7-9-10/h5-9,11H,1-4H3,(H,16,17)/t11-/m1/s1. The van der Waals surface area contributed by atoms with Crippen LogP contribution in [0.4, 0.5) is 0 Å². The molecule has 1 N–H and O–H groups in total. The summed E-state index contributed by atoms with van der Waals surface area (Å²) in [5, 5.41) is 9.32. The Hall–Kier alpha value is -1.84. The molecule has 4 nitrogen and oxygen atoms in total. The molecule has 0 aliphatic carbocycles. The Balaban J connectivity index is 3.08. The van der Waals surface area contributed by atoms with E-state index in [1.165, 1.54) is 11.9 Å². The van der Waals surface area contributed by atoms with Crippen LogP contribution in [-0.4, -0.2) is 28.9 Å². The first-order valence-electron chi connectivity index (χ1n) is 5.80. The first-order chi connectivity index (χ1) is 8.25. The summed E-state index contributed by atoms with van der Waals surface area (Å²) in [6.07, 6.45) is 0. The maximum absolute atomic E-state index is 12.1. The Labute approximate surface area is 107 Å². The van der Waals surface area contributed by atoms with Crippen molar-refractivity contribution in [3.8, 4) is 0 Å². The zero-order valence-electron chi connectivity index (χ0n) is 11.2. The van der Waals surface area contributed by atoms with Gasteiger partial charge in [-0.2, -0.15) is 0 Å². The molecule has 0 fully saturated rings. The van der Waals surface area contributed by atoms with E-state index < -0.39 is 17.4 Å². The molecule has 0 saturated heterocycles. The number of amides is 1. The van der Waals surface area contributed by atoms with Crippen LogP contribution in [0.15, 0.2) is 30.3 Å². The highest BCUT2D eigenvalue weighted by atomic mass is 16.4. The average Bonchev–Trinajstić information content (AvgIpc) is 2.27. The third-order valence-corrected chi connectivity index (χ3v) is 2.70. The normalized spacial score (nSPS) is 12.9. The van der Waals surface area contributed by atoms with Crippen LogP contribution in [0.2, 0.25) is 0 Å². The number of carboxylic acids is 1. The molecule has 0 spiro atoms. The van der Waals surface area contributed by atoms with Crippen molar-refractivity contribution in [2.75, 3.05) is 7.05 Å². The van der Waals surface area contributed by atoms with Gasteiger partial charge in [-0.1, -0.05) is 51.1 Å². The molecule has 0 aliphatic rings. The van der Waals surface area contributed by atoms with Crippen LogP contribution in [0.1, 0.15) is 32.4 Å². The van der Waals surface area contributed by atoms with Gasteiger partial charge >= 0.3 is 5.97 Å². The molecule has 0 saturated carbocycles. The van der Waals surface area contributed by atoms with E-state index in [1.54, 1.807) is 45.0 Å². The van der Waals surface area contributed by atoms with Gasteiger partial charge in [-0.15, -0.1) is 0 Å². The van der Waals surface area contributed by atoms with Gasteiger partial charge < -0.3 is 10.0 Å². The van der Waals surface area contributed by atoms with E-state index in [9.17, 15) is 14.7 Å². The highest BCUT2D eigenvalue weighted by Crippen LogP contribution is 2.25. The van der Waals surface area contributed by atoms with E-state index >= 15 is 0 Å². The molecule has 1 aromatic carbocycles. The van der Waals surface area contributed by atoms with Crippen LogP contribution in [0.5, 0.6) is 0 Å². The number of nitrogens with zero attached hydrogens (tertiary/aromatic N) is 1. The number of rotatable bonds is 3. The topological polar surface area (TPSA) is 57.6 Å². The SMILES string of the molecule is CN(C(=O)C(C)(C)C)[C@@H](C(=O)O)c1ccccc1. The van der Waals surface area contributed by atoms with Crippen molar-refractivity contribution in [1.29, 1.82) is 0 Å². The van der Waals surface area contributed by atoms with Gasteiger partial charge in [0.25, 0.3) is 0 Å². The maximum Gasteiger partial charge on any atom is 0.331 e. The lowest BCUT2D eigenvalue weighted by Crippen LogP contribution is -2.42. The molecule has 0 bridgehead atoms. The van der Waals surface area contributed by atoms with Gasteiger partial charge in [0.1, 0.15) is 0 Å². The summed E-state index contributed by atoms with van der Waals surface area (Å²) in [7, 11) is 1.53. The summed E-state index contributed by atoms with van der Waals surface area (Å²) in [4.78, 5) is 24.8. The van der Waals surface area contributed by atoms with Crippen LogP contribution < -0.4 is 0 Å². The largest absolute Gasteiger partial charge is 0.479 e. The van der Waals surface area contributed by atoms with Crippen LogP contribution >= 0.6 is 0 Å². The summed E-state index contributed by atoms with van der Waals surface area (Å²) in [5.74, 6) is -1.22. The fourth-order valence-corrected chi connectivity index (χ4v) is 1.81. The van der Waals surface area contributed by atoms with E-state index in [1.807, 2.05) is 6.07 Å². The van der Waals surface area contributed by atoms with Crippen molar-refractivity contribution in [3.05, 3.63) is 35.9 Å². The Bertz CT molecular complexity index is 434. The maximum atomic E-state index is 12.1.